The first-order valence-corrected chi connectivity index (χ1v) is 10.8. The Bertz CT molecular complexity index is 680. The molecule has 1 aromatic carbocycles. The van der Waals surface area contributed by atoms with Gasteiger partial charge < -0.3 is 14.2 Å². The van der Waals surface area contributed by atoms with Gasteiger partial charge in [-0.1, -0.05) is 20.8 Å². The predicted molar refractivity (Wildman–Crippen MR) is 95.1 cm³/mol. The number of Topliss-reactive ketones (excluding diaryl/α,β-unsaturated/α-hetero) is 1. The summed E-state index contributed by atoms with van der Waals surface area (Å²) in [6, 6.07) is 6.21. The zero-order chi connectivity index (χ0) is 16.5. The molecule has 0 saturated heterocycles. The highest BCUT2D eigenvalue weighted by molar-refractivity contribution is 6.74. The number of carbonyl (C=O) groups is 1. The van der Waals surface area contributed by atoms with Crippen LogP contribution in [0.1, 0.15) is 39.7 Å². The van der Waals surface area contributed by atoms with Gasteiger partial charge in [-0.2, -0.15) is 0 Å². The number of nitrogens with one attached hydrogen (secondary N) is 1. The third-order valence-electron chi connectivity index (χ3n) is 4.66. The van der Waals surface area contributed by atoms with Crippen molar-refractivity contribution in [2.45, 2.75) is 58.7 Å². The molecule has 0 fully saturated rings. The minimum absolute atomic E-state index is 0.178. The molecule has 0 unspecified atom stereocenters. The van der Waals surface area contributed by atoms with E-state index in [4.69, 9.17) is 4.43 Å². The molecule has 0 saturated carbocycles. The van der Waals surface area contributed by atoms with E-state index in [1.807, 2.05) is 12.3 Å². The number of rotatable bonds is 5. The Morgan fingerprint density at radius 2 is 1.95 bits per heavy atom. The average Bonchev–Trinajstić information content (AvgIpc) is 2.77. The number of ketones is 1. The highest BCUT2D eigenvalue weighted by Gasteiger charge is 2.38. The van der Waals surface area contributed by atoms with Crippen LogP contribution in [0.25, 0.3) is 10.9 Å². The van der Waals surface area contributed by atoms with Gasteiger partial charge in [-0.15, -0.1) is 0 Å². The van der Waals surface area contributed by atoms with E-state index in [1.165, 1.54) is 5.56 Å². The van der Waals surface area contributed by atoms with Crippen LogP contribution >= 0.6 is 0 Å². The van der Waals surface area contributed by atoms with Crippen molar-refractivity contribution in [2.24, 2.45) is 0 Å². The standard InChI is InChI=1S/C18H27NO2Si/c1-13(20)7-8-14-12-19-17-10-9-15(11-16(14)17)21-22(5,6)18(2,3)4/h9-12,19H,7-8H2,1-6H3. The fourth-order valence-corrected chi connectivity index (χ4v) is 3.21. The quantitative estimate of drug-likeness (QED) is 0.782. The Labute approximate surface area is 134 Å². The maximum Gasteiger partial charge on any atom is 0.250 e. The fraction of sp³-hybridized carbons (Fsp3) is 0.500. The number of H-pyrrole nitrogens is 1. The van der Waals surface area contributed by atoms with Crippen LogP contribution in [0.3, 0.4) is 0 Å². The summed E-state index contributed by atoms with van der Waals surface area (Å²) < 4.78 is 6.38. The highest BCUT2D eigenvalue weighted by atomic mass is 28.4. The van der Waals surface area contributed by atoms with Crippen molar-refractivity contribution in [3.05, 3.63) is 30.0 Å². The lowest BCUT2D eigenvalue weighted by Crippen LogP contribution is -2.43. The lowest BCUT2D eigenvalue weighted by Gasteiger charge is -2.36. The van der Waals surface area contributed by atoms with E-state index in [2.05, 4.69) is 51.0 Å². The zero-order valence-corrected chi connectivity index (χ0v) is 15.5. The number of carbonyl (C=O) groups excluding carboxylic acids is 1. The molecule has 120 valence electrons. The summed E-state index contributed by atoms with van der Waals surface area (Å²) in [5.74, 6) is 1.16. The van der Waals surface area contributed by atoms with Gasteiger partial charge in [0, 0.05) is 23.5 Å². The first-order valence-electron chi connectivity index (χ1n) is 7.88. The zero-order valence-electron chi connectivity index (χ0n) is 14.5. The van der Waals surface area contributed by atoms with Crippen molar-refractivity contribution in [1.82, 2.24) is 4.98 Å². The SMILES string of the molecule is CC(=O)CCc1c[nH]c2ccc(O[Si](C)(C)C(C)(C)C)cc12. The lowest BCUT2D eigenvalue weighted by atomic mass is 10.1. The number of hydrogen-bond donors (Lipinski definition) is 1. The third-order valence-corrected chi connectivity index (χ3v) is 9.02. The van der Waals surface area contributed by atoms with Crippen molar-refractivity contribution < 1.29 is 9.22 Å². The Hall–Kier alpha value is -1.55. The van der Waals surface area contributed by atoms with Crippen LogP contribution in [0, 0.1) is 0 Å². The van der Waals surface area contributed by atoms with E-state index in [0.717, 1.165) is 23.1 Å². The third kappa shape index (κ3) is 3.61. The Balaban J connectivity index is 2.29. The second-order valence-electron chi connectivity index (χ2n) is 7.59. The van der Waals surface area contributed by atoms with Crippen LogP contribution in [0.15, 0.2) is 24.4 Å². The van der Waals surface area contributed by atoms with Gasteiger partial charge in [0.2, 0.25) is 8.32 Å². The summed E-state index contributed by atoms with van der Waals surface area (Å²) >= 11 is 0. The summed E-state index contributed by atoms with van der Waals surface area (Å²) in [7, 11) is -1.83. The van der Waals surface area contributed by atoms with E-state index in [1.54, 1.807) is 6.92 Å². The van der Waals surface area contributed by atoms with Gasteiger partial charge in [0.1, 0.15) is 11.5 Å². The molecule has 2 aromatic rings. The molecule has 0 spiro atoms. The maximum absolute atomic E-state index is 11.2. The normalized spacial score (nSPS) is 12.6. The van der Waals surface area contributed by atoms with Crippen LogP contribution in [-0.4, -0.2) is 19.1 Å². The van der Waals surface area contributed by atoms with Gasteiger partial charge in [0.15, 0.2) is 0 Å². The van der Waals surface area contributed by atoms with Gasteiger partial charge >= 0.3 is 0 Å². The number of aromatic nitrogens is 1. The van der Waals surface area contributed by atoms with E-state index in [0.29, 0.717) is 6.42 Å². The van der Waals surface area contributed by atoms with Crippen molar-refractivity contribution in [3.8, 4) is 5.75 Å². The molecule has 2 rings (SSSR count). The van der Waals surface area contributed by atoms with Crippen LogP contribution in [0.2, 0.25) is 18.1 Å². The van der Waals surface area contributed by atoms with E-state index < -0.39 is 8.32 Å². The molecular weight excluding hydrogens is 290 g/mol. The number of fused-ring (bicyclic) bond motifs is 1. The molecule has 0 aliphatic heterocycles. The van der Waals surface area contributed by atoms with Crippen molar-refractivity contribution >= 4 is 25.0 Å². The van der Waals surface area contributed by atoms with Crippen molar-refractivity contribution in [1.29, 1.82) is 0 Å². The van der Waals surface area contributed by atoms with Crippen LogP contribution < -0.4 is 4.43 Å². The first-order chi connectivity index (χ1) is 10.1. The molecule has 4 heteroatoms. The second kappa shape index (κ2) is 5.92. The molecule has 0 atom stereocenters. The monoisotopic (exact) mass is 317 g/mol. The molecule has 0 aliphatic carbocycles. The molecule has 0 aliphatic rings. The van der Waals surface area contributed by atoms with Gasteiger partial charge in [-0.3, -0.25) is 0 Å². The lowest BCUT2D eigenvalue weighted by molar-refractivity contribution is -0.116. The Morgan fingerprint density at radius 3 is 2.55 bits per heavy atom. The predicted octanol–water partition coefficient (Wildman–Crippen LogP) is 5.07. The van der Waals surface area contributed by atoms with Crippen molar-refractivity contribution in [2.75, 3.05) is 0 Å². The Kier molecular flexibility index (Phi) is 4.52. The van der Waals surface area contributed by atoms with Gasteiger partial charge in [-0.05, 0) is 55.2 Å². The molecule has 0 bridgehead atoms. The summed E-state index contributed by atoms with van der Waals surface area (Å²) in [6.07, 6.45) is 3.36. The summed E-state index contributed by atoms with van der Waals surface area (Å²) in [6.45, 7) is 12.9. The Morgan fingerprint density at radius 1 is 1.27 bits per heavy atom. The minimum atomic E-state index is -1.83. The number of benzene rings is 1. The van der Waals surface area contributed by atoms with E-state index in [-0.39, 0.29) is 10.8 Å². The number of hydrogen-bond acceptors (Lipinski definition) is 2. The van der Waals surface area contributed by atoms with Crippen LogP contribution in [0.4, 0.5) is 0 Å². The number of aromatic amines is 1. The summed E-state index contributed by atoms with van der Waals surface area (Å²) in [4.78, 5) is 14.5. The molecule has 1 N–H and O–H groups in total. The van der Waals surface area contributed by atoms with Gasteiger partial charge in [-0.25, -0.2) is 0 Å². The van der Waals surface area contributed by atoms with E-state index in [9.17, 15) is 4.79 Å². The van der Waals surface area contributed by atoms with E-state index >= 15 is 0 Å². The van der Waals surface area contributed by atoms with Gasteiger partial charge in [0.25, 0.3) is 0 Å². The van der Waals surface area contributed by atoms with Gasteiger partial charge in [0.05, 0.1) is 0 Å². The largest absolute Gasteiger partial charge is 0.543 e. The van der Waals surface area contributed by atoms with Crippen LogP contribution in [0.5, 0.6) is 5.75 Å². The smallest absolute Gasteiger partial charge is 0.250 e. The summed E-state index contributed by atoms with van der Waals surface area (Å²) in [5.41, 5.74) is 2.28. The van der Waals surface area contributed by atoms with Crippen molar-refractivity contribution in [3.63, 3.8) is 0 Å². The summed E-state index contributed by atoms with van der Waals surface area (Å²) in [5, 5.41) is 1.34. The molecular formula is C18H27NO2Si. The topological polar surface area (TPSA) is 42.1 Å². The van der Waals surface area contributed by atoms with Crippen LogP contribution in [-0.2, 0) is 11.2 Å². The molecule has 3 nitrogen and oxygen atoms in total. The number of aryl methyl sites for hydroxylation is 1. The molecule has 0 amide bonds. The molecule has 22 heavy (non-hydrogen) atoms. The fourth-order valence-electron chi connectivity index (χ4n) is 2.19. The highest BCUT2D eigenvalue weighted by Crippen LogP contribution is 2.38. The molecule has 0 radical (unpaired) electrons. The molecule has 1 heterocycles. The second-order valence-corrected chi connectivity index (χ2v) is 12.3. The average molecular weight is 318 g/mol. The minimum Gasteiger partial charge on any atom is -0.543 e. The first kappa shape index (κ1) is 16.8. The maximum atomic E-state index is 11.2. The molecule has 1 aromatic heterocycles.